The largest absolute Gasteiger partial charge is 0.469 e. The van der Waals surface area contributed by atoms with E-state index in [4.69, 9.17) is 10.6 Å². The van der Waals surface area contributed by atoms with Gasteiger partial charge in [-0.05, 0) is 81.7 Å². The molecule has 0 saturated carbocycles. The number of primary amides is 1. The second kappa shape index (κ2) is 26.2. The molecule has 1 aromatic carbocycles. The molecule has 1 saturated heterocycles. The summed E-state index contributed by atoms with van der Waals surface area (Å²) < 4.78 is 19.6. The van der Waals surface area contributed by atoms with Crippen molar-refractivity contribution in [2.24, 2.45) is 16.8 Å². The number of benzene rings is 1. The van der Waals surface area contributed by atoms with Crippen molar-refractivity contribution in [3.8, 4) is 11.8 Å². The summed E-state index contributed by atoms with van der Waals surface area (Å²) in [5.74, 6) is -5.00. The zero-order chi connectivity index (χ0) is 50.0. The van der Waals surface area contributed by atoms with Crippen LogP contribution in [0.25, 0.3) is 5.69 Å². The van der Waals surface area contributed by atoms with Crippen LogP contribution >= 0.6 is 7.82 Å². The van der Waals surface area contributed by atoms with Gasteiger partial charge in [-0.1, -0.05) is 31.5 Å². The van der Waals surface area contributed by atoms with Crippen LogP contribution in [0.5, 0.6) is 0 Å². The monoisotopic (exact) mass is 967 g/mol. The molecule has 6 atom stereocenters. The van der Waals surface area contributed by atoms with E-state index in [1.54, 1.807) is 35.3 Å². The molecule has 3 heterocycles. The molecular weight excluding hydrogens is 906 g/mol. The Hall–Kier alpha value is -6.44. The predicted molar refractivity (Wildman–Crippen MR) is 245 cm³/mol. The van der Waals surface area contributed by atoms with E-state index in [0.717, 1.165) is 31.1 Å². The van der Waals surface area contributed by atoms with Crippen LogP contribution in [0, 0.1) is 17.2 Å². The summed E-state index contributed by atoms with van der Waals surface area (Å²) in [5.41, 5.74) is 8.00. The summed E-state index contributed by atoms with van der Waals surface area (Å²) >= 11 is 0. The van der Waals surface area contributed by atoms with E-state index < -0.39 is 80.3 Å². The number of hydrogen-bond donors (Lipinski definition) is 8. The van der Waals surface area contributed by atoms with Gasteiger partial charge in [0.05, 0.1) is 42.6 Å². The molecule has 1 fully saturated rings. The number of phosphoric acid groups is 1. The van der Waals surface area contributed by atoms with E-state index in [-0.39, 0.29) is 24.7 Å². The third-order valence-corrected chi connectivity index (χ3v) is 11.6. The van der Waals surface area contributed by atoms with E-state index >= 15 is 0 Å². The van der Waals surface area contributed by atoms with Crippen molar-refractivity contribution in [1.82, 2.24) is 40.3 Å². The molecule has 3 aromatic rings. The topological polar surface area (TPSA) is 335 Å². The van der Waals surface area contributed by atoms with E-state index in [1.165, 1.54) is 18.0 Å². The van der Waals surface area contributed by atoms with Gasteiger partial charge in [0.1, 0.15) is 36.8 Å². The molecule has 0 aliphatic carbocycles. The SMILES string of the molecule is CC(=O)N1CCC[C@H]1C(=O)N[C@@H](CC(C)C)C(=O)N[C@@H](Cc1cncn1CCCCCCO/N=C/c1cccn1-c1cccc(C#N)c1)C(=O)N[C@@H](CO)C(=O)N[C@H](C(N)=O)[C@@H](C)OP(=O)(O)O. The molecule has 370 valence electrons. The number of aromatic nitrogens is 3. The number of nitriles is 1. The minimum absolute atomic E-state index is 0.109. The van der Waals surface area contributed by atoms with Gasteiger partial charge in [0.25, 0.3) is 0 Å². The molecule has 68 heavy (non-hydrogen) atoms. The molecule has 2 aromatic heterocycles. The Kier molecular flexibility index (Phi) is 20.9. The fraction of sp³-hybridized carbons (Fsp3) is 0.523. The fourth-order valence-corrected chi connectivity index (χ4v) is 8.18. The first-order valence-electron chi connectivity index (χ1n) is 22.3. The number of phosphoric ester groups is 1. The van der Waals surface area contributed by atoms with Gasteiger partial charge in [0.2, 0.25) is 35.4 Å². The van der Waals surface area contributed by atoms with Gasteiger partial charge >= 0.3 is 7.82 Å². The van der Waals surface area contributed by atoms with Crippen molar-refractivity contribution < 1.29 is 57.6 Å². The third kappa shape index (κ3) is 16.7. The van der Waals surface area contributed by atoms with Gasteiger partial charge in [0, 0.05) is 50.2 Å². The second-order valence-corrected chi connectivity index (χ2v) is 18.0. The van der Waals surface area contributed by atoms with Crippen molar-refractivity contribution in [1.29, 1.82) is 5.26 Å². The van der Waals surface area contributed by atoms with E-state index in [0.29, 0.717) is 56.6 Å². The van der Waals surface area contributed by atoms with Gasteiger partial charge in [-0.2, -0.15) is 5.26 Å². The number of aliphatic hydroxyl groups excluding tert-OH is 1. The van der Waals surface area contributed by atoms with Gasteiger partial charge in [-0.15, -0.1) is 0 Å². The minimum Gasteiger partial charge on any atom is -0.396 e. The summed E-state index contributed by atoms with van der Waals surface area (Å²) in [5, 5.41) is 33.5. The number of likely N-dealkylation sites (tertiary alicyclic amines) is 1. The number of aliphatic hydroxyl groups is 1. The van der Waals surface area contributed by atoms with Crippen LogP contribution < -0.4 is 27.0 Å². The number of nitrogens with zero attached hydrogens (tertiary/aromatic N) is 6. The Morgan fingerprint density at radius 2 is 1.69 bits per heavy atom. The number of hydrogen-bond acceptors (Lipinski definition) is 13. The lowest BCUT2D eigenvalue weighted by molar-refractivity contribution is -0.139. The summed E-state index contributed by atoms with van der Waals surface area (Å²) in [6.07, 6.45) is 8.91. The van der Waals surface area contributed by atoms with Crippen LogP contribution in [0.15, 0.2) is 60.3 Å². The zero-order valence-corrected chi connectivity index (χ0v) is 39.4. The second-order valence-electron chi connectivity index (χ2n) is 16.8. The minimum atomic E-state index is -5.13. The molecule has 0 bridgehead atoms. The maximum atomic E-state index is 14.1. The van der Waals surface area contributed by atoms with Crippen molar-refractivity contribution in [2.45, 2.75) is 122 Å². The highest BCUT2D eigenvalue weighted by atomic mass is 31.2. The number of carbonyl (C=O) groups excluding carboxylic acids is 6. The Balaban J connectivity index is 1.42. The molecule has 0 spiro atoms. The molecule has 9 N–H and O–H groups in total. The normalized spacial score (nSPS) is 16.0. The van der Waals surface area contributed by atoms with Crippen LogP contribution in [0.3, 0.4) is 0 Å². The number of unbranched alkanes of at least 4 members (excludes halogenated alkanes) is 3. The molecular formula is C44H62N11O12P. The number of aryl methyl sites for hydroxylation is 1. The fourth-order valence-electron chi connectivity index (χ4n) is 7.62. The lowest BCUT2D eigenvalue weighted by atomic mass is 10.0. The number of oxime groups is 1. The average molecular weight is 968 g/mol. The molecule has 4 rings (SSSR count). The Morgan fingerprint density at radius 3 is 2.37 bits per heavy atom. The molecule has 6 amide bonds. The van der Waals surface area contributed by atoms with Crippen LogP contribution in [0.1, 0.15) is 89.6 Å². The zero-order valence-electron chi connectivity index (χ0n) is 38.5. The van der Waals surface area contributed by atoms with E-state index in [2.05, 4.69) is 42.0 Å². The molecule has 24 heteroatoms. The molecule has 23 nitrogen and oxygen atoms in total. The number of carbonyl (C=O) groups is 6. The molecule has 1 aliphatic rings. The van der Waals surface area contributed by atoms with Crippen molar-refractivity contribution in [2.75, 3.05) is 19.8 Å². The van der Waals surface area contributed by atoms with E-state index in [9.17, 15) is 53.5 Å². The lowest BCUT2D eigenvalue weighted by Crippen LogP contribution is -2.61. The summed E-state index contributed by atoms with van der Waals surface area (Å²) in [7, 11) is -5.13. The highest BCUT2D eigenvalue weighted by Crippen LogP contribution is 2.38. The Labute approximate surface area is 394 Å². The molecule has 0 unspecified atom stereocenters. The molecule has 0 radical (unpaired) electrons. The predicted octanol–water partition coefficient (Wildman–Crippen LogP) is 0.671. The van der Waals surface area contributed by atoms with Crippen LogP contribution in [0.4, 0.5) is 0 Å². The van der Waals surface area contributed by atoms with Gasteiger partial charge < -0.3 is 60.8 Å². The highest BCUT2D eigenvalue weighted by Gasteiger charge is 2.37. The summed E-state index contributed by atoms with van der Waals surface area (Å²) in [6.45, 7) is 6.33. The molecule has 1 aliphatic heterocycles. The van der Waals surface area contributed by atoms with E-state index in [1.807, 2.05) is 42.8 Å². The number of amides is 6. The number of imidazole rings is 1. The van der Waals surface area contributed by atoms with Gasteiger partial charge in [0.15, 0.2) is 0 Å². The summed E-state index contributed by atoms with van der Waals surface area (Å²) in [6, 6.07) is 6.17. The van der Waals surface area contributed by atoms with Crippen molar-refractivity contribution in [3.63, 3.8) is 0 Å². The first kappa shape index (κ1) is 54.2. The van der Waals surface area contributed by atoms with Crippen molar-refractivity contribution in [3.05, 3.63) is 72.1 Å². The maximum absolute atomic E-state index is 14.1. The van der Waals surface area contributed by atoms with Gasteiger partial charge in [-0.3, -0.25) is 33.3 Å². The number of nitrogens with two attached hydrogens (primary N) is 1. The average Bonchev–Trinajstić information content (AvgIpc) is 4.07. The van der Waals surface area contributed by atoms with Crippen LogP contribution in [0.2, 0.25) is 0 Å². The Bertz CT molecular complexity index is 2320. The van der Waals surface area contributed by atoms with Crippen LogP contribution in [-0.2, 0) is 55.7 Å². The highest BCUT2D eigenvalue weighted by molar-refractivity contribution is 7.46. The first-order chi connectivity index (χ1) is 32.3. The summed E-state index contributed by atoms with van der Waals surface area (Å²) in [4.78, 5) is 109. The van der Waals surface area contributed by atoms with Gasteiger partial charge in [-0.25, -0.2) is 9.55 Å². The number of nitrogens with one attached hydrogen (secondary N) is 4. The smallest absolute Gasteiger partial charge is 0.396 e. The Morgan fingerprint density at radius 1 is 0.985 bits per heavy atom. The lowest BCUT2D eigenvalue weighted by Gasteiger charge is -2.28. The van der Waals surface area contributed by atoms with Crippen molar-refractivity contribution >= 4 is 49.5 Å². The quantitative estimate of drug-likeness (QED) is 0.0226. The standard InChI is InChI=1S/C44H62N11O12P/c1-28(2)20-35(50-44(62)38-15-11-17-54(38)30(4)57)41(59)49-36(42(60)51-37(26-56)43(61)52-39(40(46)58)29(3)67-68(63,64)65)22-34-24-47-27-53(34)16-7-5-6-8-19-66-48-25-33-14-10-18-55(33)32-13-9-12-31(21-32)23-45/h9-10,12-14,18,21,24-25,27-29,35-39,56H,5-8,11,15-17,19-20,22,26H2,1-4H3,(H2,46,58)(H,49,59)(H,50,62)(H,51,60)(H,52,61)(H2,63,64,65)/b48-25+/t29-,35+,36+,37+,38+,39+/m1/s1. The maximum Gasteiger partial charge on any atom is 0.469 e. The van der Waals surface area contributed by atoms with Crippen LogP contribution in [-0.4, -0.2) is 132 Å². The number of rotatable bonds is 27. The third-order valence-electron chi connectivity index (χ3n) is 11.0. The first-order valence-corrected chi connectivity index (χ1v) is 23.8.